The van der Waals surface area contributed by atoms with Gasteiger partial charge in [-0.3, -0.25) is 19.2 Å². The lowest BCUT2D eigenvalue weighted by Crippen LogP contribution is -2.50. The first-order valence-electron chi connectivity index (χ1n) is 24.5. The Morgan fingerprint density at radius 2 is 1.10 bits per heavy atom. The summed E-state index contributed by atoms with van der Waals surface area (Å²) in [6, 6.07) is 16.3. The minimum absolute atomic E-state index is 0.0374. The zero-order valence-corrected chi connectivity index (χ0v) is 41.8. The number of benzene rings is 2. The molecule has 4 fully saturated rings. The maximum Gasteiger partial charge on any atom is 0.246 e. The van der Waals surface area contributed by atoms with Crippen molar-refractivity contribution in [3.05, 3.63) is 109 Å². The summed E-state index contributed by atoms with van der Waals surface area (Å²) in [7, 11) is 0. The fraction of sp³-hybridized carbons (Fsp3) is 0.396. The second-order valence-corrected chi connectivity index (χ2v) is 19.8. The van der Waals surface area contributed by atoms with Crippen molar-refractivity contribution >= 4 is 91.5 Å². The third kappa shape index (κ3) is 13.0. The molecule has 0 bridgehead atoms. The van der Waals surface area contributed by atoms with E-state index in [1.807, 2.05) is 54.9 Å². The number of anilines is 2. The Kier molecular flexibility index (Phi) is 17.4. The van der Waals surface area contributed by atoms with Gasteiger partial charge in [0.1, 0.15) is 6.04 Å². The molecule has 6 aromatic rings. The van der Waals surface area contributed by atoms with E-state index in [9.17, 15) is 19.2 Å². The Hall–Kier alpha value is -6.29. The highest BCUT2D eigenvalue weighted by atomic mass is 35.5. The van der Waals surface area contributed by atoms with Crippen LogP contribution >= 0.6 is 34.8 Å². The van der Waals surface area contributed by atoms with Crippen LogP contribution in [0.5, 0.6) is 0 Å². The molecule has 15 nitrogen and oxygen atoms in total. The topological polar surface area (TPSA) is 203 Å². The fourth-order valence-electron chi connectivity index (χ4n) is 10.3. The van der Waals surface area contributed by atoms with Gasteiger partial charge in [-0.05, 0) is 113 Å². The number of para-hydroxylation sites is 2. The number of hydrogen-bond donors (Lipinski definition) is 6. The lowest BCUT2D eigenvalue weighted by Gasteiger charge is -2.32. The number of hydrogen-bond acceptors (Lipinski definition) is 10. The van der Waals surface area contributed by atoms with Crippen LogP contribution in [0.15, 0.2) is 98.6 Å². The van der Waals surface area contributed by atoms with E-state index in [-0.39, 0.29) is 47.8 Å². The SMILES string of the molecule is C=CC(=O)Cl.C=CC(=O)N1CCC[C@@H]1C(=O)N[C@H]1CCC[C@@H](Nc2ncc(Cl)c(-c3c[nH]c4ccccc34)n2)C1.O=C(N[C@H]1CCC[C@@H](Nc2ncc(Cl)c(-c3c[nH]c4ccccc34)n2)C1)C1CCCC1. The predicted molar refractivity (Wildman–Crippen MR) is 282 cm³/mol. The smallest absolute Gasteiger partial charge is 0.246 e. The molecule has 4 aliphatic rings. The van der Waals surface area contributed by atoms with Crippen molar-refractivity contribution < 1.29 is 19.2 Å². The Bertz CT molecular complexity index is 2860. The summed E-state index contributed by atoms with van der Waals surface area (Å²) in [5.41, 5.74) is 5.37. The standard InChI is InChI=1S/C26H29ClN6O2.C24H28ClN5O.C3H3ClO/c1-2-23(34)33-12-6-11-22(33)25(35)30-16-7-5-8-17(13-16)31-26-29-15-20(27)24(32-26)19-14-28-21-10-4-3-9-18(19)21;25-20-14-27-24(30-22(20)19-13-26-21-11-4-3-10-18(19)21)29-17-9-5-8-16(12-17)28-23(31)15-6-1-2-7-15;1-2-3(4)5/h2-4,9-10,14-17,22,28H,1,5-8,11-13H2,(H,30,35)(H,29,31,32);3-4,10-11,13-17,26H,1-2,5-9,12H2,(H,28,31)(H,27,29,30);2H,1H2/t16-,17+,22+;16-,17+;/m00./s1. The minimum Gasteiger partial charge on any atom is -0.360 e. The number of halogens is 3. The highest BCUT2D eigenvalue weighted by Gasteiger charge is 2.35. The number of carbonyl (C=O) groups excluding carboxylic acids is 4. The molecule has 71 heavy (non-hydrogen) atoms. The van der Waals surface area contributed by atoms with Crippen LogP contribution < -0.4 is 21.3 Å². The largest absolute Gasteiger partial charge is 0.360 e. The van der Waals surface area contributed by atoms with Crippen molar-refractivity contribution in [1.82, 2.24) is 45.4 Å². The van der Waals surface area contributed by atoms with Gasteiger partial charge in [0.2, 0.25) is 34.9 Å². The van der Waals surface area contributed by atoms with Crippen molar-refractivity contribution in [2.24, 2.45) is 5.92 Å². The zero-order valence-electron chi connectivity index (χ0n) is 39.6. The Balaban J connectivity index is 0.000000175. The number of rotatable bonds is 12. The summed E-state index contributed by atoms with van der Waals surface area (Å²) in [4.78, 5) is 73.5. The van der Waals surface area contributed by atoms with Gasteiger partial charge >= 0.3 is 0 Å². The molecule has 1 aliphatic heterocycles. The van der Waals surface area contributed by atoms with Gasteiger partial charge < -0.3 is 36.1 Å². The van der Waals surface area contributed by atoms with Gasteiger partial charge in [-0.15, -0.1) is 0 Å². The number of nitrogens with one attached hydrogen (secondary N) is 6. The zero-order chi connectivity index (χ0) is 49.9. The number of carbonyl (C=O) groups is 4. The third-order valence-corrected chi connectivity index (χ3v) is 14.5. The number of fused-ring (bicyclic) bond motifs is 2. The molecule has 4 aromatic heterocycles. The minimum atomic E-state index is -0.509. The molecular weight excluding hydrogens is 961 g/mol. The molecule has 0 radical (unpaired) electrons. The molecule has 0 spiro atoms. The van der Waals surface area contributed by atoms with E-state index in [1.165, 1.54) is 18.9 Å². The summed E-state index contributed by atoms with van der Waals surface area (Å²) >= 11 is 17.6. The first kappa shape index (κ1) is 51.1. The molecule has 0 unspecified atom stereocenters. The van der Waals surface area contributed by atoms with Gasteiger partial charge in [-0.2, -0.15) is 0 Å². The monoisotopic (exact) mass is 1020 g/mol. The van der Waals surface area contributed by atoms with E-state index in [1.54, 1.807) is 17.3 Å². The first-order chi connectivity index (χ1) is 34.5. The summed E-state index contributed by atoms with van der Waals surface area (Å²) in [6.45, 7) is 7.23. The molecule has 6 N–H and O–H groups in total. The number of H-pyrrole nitrogens is 2. The van der Waals surface area contributed by atoms with Gasteiger partial charge in [0.15, 0.2) is 0 Å². The summed E-state index contributed by atoms with van der Waals surface area (Å²) in [5.74, 6) is 1.30. The molecular formula is C53H60Cl3N11O4. The van der Waals surface area contributed by atoms with Gasteiger partial charge in [-0.1, -0.05) is 85.6 Å². The Labute approximate surface area is 428 Å². The van der Waals surface area contributed by atoms with E-state index in [2.05, 4.69) is 60.4 Å². The predicted octanol–water partition coefficient (Wildman–Crippen LogP) is 10.5. The molecule has 2 aromatic carbocycles. The molecule has 3 amide bonds. The van der Waals surface area contributed by atoms with Crippen LogP contribution in [0.2, 0.25) is 10.0 Å². The lowest BCUT2D eigenvalue weighted by atomic mass is 9.90. The second kappa shape index (κ2) is 24.2. The van der Waals surface area contributed by atoms with Crippen molar-refractivity contribution in [2.45, 2.75) is 120 Å². The van der Waals surface area contributed by atoms with Gasteiger partial charge in [0, 0.05) is 82.0 Å². The maximum atomic E-state index is 12.9. The first-order valence-corrected chi connectivity index (χ1v) is 25.7. The van der Waals surface area contributed by atoms with E-state index >= 15 is 0 Å². The normalized spacial score (nSPS) is 21.0. The van der Waals surface area contributed by atoms with Crippen LogP contribution in [-0.4, -0.2) is 94.5 Å². The number of nitrogens with zero attached hydrogens (tertiary/aromatic N) is 5. The molecule has 372 valence electrons. The quantitative estimate of drug-likeness (QED) is 0.0506. The summed E-state index contributed by atoms with van der Waals surface area (Å²) < 4.78 is 0. The summed E-state index contributed by atoms with van der Waals surface area (Å²) in [5, 5.41) is 16.1. The van der Waals surface area contributed by atoms with Crippen molar-refractivity contribution in [2.75, 3.05) is 17.2 Å². The van der Waals surface area contributed by atoms with Gasteiger partial charge in [0.25, 0.3) is 0 Å². The third-order valence-electron chi connectivity index (χ3n) is 13.8. The molecule has 3 aliphatic carbocycles. The van der Waals surface area contributed by atoms with Crippen LogP contribution in [0.4, 0.5) is 11.9 Å². The van der Waals surface area contributed by atoms with Crippen molar-refractivity contribution in [3.8, 4) is 22.5 Å². The Morgan fingerprint density at radius 3 is 1.59 bits per heavy atom. The molecule has 5 atom stereocenters. The molecule has 5 heterocycles. The van der Waals surface area contributed by atoms with E-state index in [0.29, 0.717) is 40.6 Å². The number of aromatic nitrogens is 6. The van der Waals surface area contributed by atoms with Crippen LogP contribution in [0.1, 0.15) is 89.9 Å². The summed E-state index contributed by atoms with van der Waals surface area (Å²) in [6.07, 6.45) is 23.1. The number of likely N-dealkylation sites (tertiary alicyclic amines) is 1. The van der Waals surface area contributed by atoms with Crippen LogP contribution in [0.3, 0.4) is 0 Å². The maximum absolute atomic E-state index is 12.9. The van der Waals surface area contributed by atoms with Crippen molar-refractivity contribution in [3.63, 3.8) is 0 Å². The highest BCUT2D eigenvalue weighted by Crippen LogP contribution is 2.35. The van der Waals surface area contributed by atoms with Crippen molar-refractivity contribution in [1.29, 1.82) is 0 Å². The molecule has 10 rings (SSSR count). The molecule has 3 saturated carbocycles. The van der Waals surface area contributed by atoms with Gasteiger partial charge in [-0.25, -0.2) is 19.9 Å². The van der Waals surface area contributed by atoms with E-state index in [4.69, 9.17) is 44.8 Å². The van der Waals surface area contributed by atoms with E-state index < -0.39 is 11.3 Å². The Morgan fingerprint density at radius 1 is 0.620 bits per heavy atom. The second-order valence-electron chi connectivity index (χ2n) is 18.6. The van der Waals surface area contributed by atoms with Crippen LogP contribution in [0.25, 0.3) is 44.3 Å². The van der Waals surface area contributed by atoms with Crippen LogP contribution in [-0.2, 0) is 19.2 Å². The average molecular weight is 1020 g/mol. The fourth-order valence-corrected chi connectivity index (χ4v) is 10.7. The lowest BCUT2D eigenvalue weighted by molar-refractivity contribution is -0.135. The average Bonchev–Trinajstić information content (AvgIpc) is 4.24. The molecule has 1 saturated heterocycles. The number of allylic oxidation sites excluding steroid dienone is 1. The van der Waals surface area contributed by atoms with E-state index in [0.717, 1.165) is 115 Å². The highest BCUT2D eigenvalue weighted by molar-refractivity contribution is 6.66. The number of aromatic amines is 2. The van der Waals surface area contributed by atoms with Gasteiger partial charge in [0.05, 0.1) is 33.8 Å². The number of amides is 3. The molecule has 18 heteroatoms. The van der Waals surface area contributed by atoms with Crippen LogP contribution in [0, 0.1) is 5.92 Å².